The second-order valence-electron chi connectivity index (χ2n) is 3.14. The molecule has 0 bridgehead atoms. The van der Waals surface area contributed by atoms with E-state index in [1.54, 1.807) is 12.1 Å². The van der Waals surface area contributed by atoms with Crippen LogP contribution in [0, 0.1) is 11.3 Å². The zero-order valence-electron chi connectivity index (χ0n) is 8.94. The fourth-order valence-electron chi connectivity index (χ4n) is 1.24. The minimum Gasteiger partial charge on any atom is -0.396 e. The maximum Gasteiger partial charge on any atom is 0.101 e. The molecule has 86 valence electrons. The maximum atomic E-state index is 8.77. The first kappa shape index (κ1) is 12.3. The van der Waals surface area contributed by atoms with Gasteiger partial charge in [0, 0.05) is 6.54 Å². The van der Waals surface area contributed by atoms with E-state index in [9.17, 15) is 0 Å². The lowest BCUT2D eigenvalue weighted by molar-refractivity contribution is 0.0992. The van der Waals surface area contributed by atoms with Crippen molar-refractivity contribution in [3.63, 3.8) is 0 Å². The molecular formula is C11H15N3O2. The van der Waals surface area contributed by atoms with E-state index in [1.165, 1.54) is 0 Å². The minimum absolute atomic E-state index is 0.0199. The highest BCUT2D eigenvalue weighted by atomic mass is 16.5. The summed E-state index contributed by atoms with van der Waals surface area (Å²) in [5.41, 5.74) is 7.41. The van der Waals surface area contributed by atoms with Gasteiger partial charge in [-0.15, -0.1) is 0 Å². The molecule has 0 aliphatic carbocycles. The summed E-state index contributed by atoms with van der Waals surface area (Å²) < 4.78 is 5.08. The van der Waals surface area contributed by atoms with Crippen molar-refractivity contribution in [2.45, 2.75) is 0 Å². The van der Waals surface area contributed by atoms with Crippen LogP contribution in [0.5, 0.6) is 0 Å². The number of para-hydroxylation sites is 1. The van der Waals surface area contributed by atoms with Crippen molar-refractivity contribution >= 4 is 11.4 Å². The Morgan fingerprint density at radius 2 is 2.25 bits per heavy atom. The quantitative estimate of drug-likeness (QED) is 0.482. The molecule has 0 heterocycles. The van der Waals surface area contributed by atoms with Crippen molar-refractivity contribution in [2.24, 2.45) is 0 Å². The number of aliphatic hydroxyl groups is 1. The molecule has 0 aliphatic heterocycles. The van der Waals surface area contributed by atoms with Crippen LogP contribution in [0.1, 0.15) is 5.56 Å². The average molecular weight is 221 g/mol. The fraction of sp³-hybridized carbons (Fsp3) is 0.364. The molecular weight excluding hydrogens is 206 g/mol. The van der Waals surface area contributed by atoms with Crippen LogP contribution in [-0.4, -0.2) is 31.5 Å². The Morgan fingerprint density at radius 1 is 1.44 bits per heavy atom. The second-order valence-corrected chi connectivity index (χ2v) is 3.14. The summed E-state index contributed by atoms with van der Waals surface area (Å²) in [6.07, 6.45) is 0. The Kier molecular flexibility index (Phi) is 5.12. The first-order valence-electron chi connectivity index (χ1n) is 5.00. The van der Waals surface area contributed by atoms with Crippen molar-refractivity contribution < 1.29 is 9.84 Å². The average Bonchev–Trinajstić information content (AvgIpc) is 2.31. The number of nitriles is 1. The van der Waals surface area contributed by atoms with Crippen molar-refractivity contribution in [2.75, 3.05) is 37.4 Å². The van der Waals surface area contributed by atoms with Gasteiger partial charge in [0.15, 0.2) is 0 Å². The molecule has 0 fully saturated rings. The van der Waals surface area contributed by atoms with Crippen LogP contribution in [0.4, 0.5) is 11.4 Å². The molecule has 16 heavy (non-hydrogen) atoms. The van der Waals surface area contributed by atoms with Crippen molar-refractivity contribution in [1.82, 2.24) is 0 Å². The van der Waals surface area contributed by atoms with Gasteiger partial charge < -0.3 is 20.9 Å². The van der Waals surface area contributed by atoms with Crippen molar-refractivity contribution in [3.8, 4) is 6.07 Å². The van der Waals surface area contributed by atoms with Crippen LogP contribution < -0.4 is 11.1 Å². The van der Waals surface area contributed by atoms with Crippen molar-refractivity contribution in [1.29, 1.82) is 5.26 Å². The Morgan fingerprint density at radius 3 is 2.94 bits per heavy atom. The topological polar surface area (TPSA) is 91.3 Å². The molecule has 0 aromatic heterocycles. The van der Waals surface area contributed by atoms with Crippen LogP contribution in [-0.2, 0) is 4.74 Å². The van der Waals surface area contributed by atoms with Crippen LogP contribution in [0.2, 0.25) is 0 Å². The molecule has 1 rings (SSSR count). The molecule has 0 atom stereocenters. The largest absolute Gasteiger partial charge is 0.396 e. The smallest absolute Gasteiger partial charge is 0.101 e. The van der Waals surface area contributed by atoms with E-state index in [-0.39, 0.29) is 6.61 Å². The van der Waals surface area contributed by atoms with Gasteiger partial charge in [-0.3, -0.25) is 0 Å². The highest BCUT2D eigenvalue weighted by Crippen LogP contribution is 2.21. The molecule has 4 N–H and O–H groups in total. The molecule has 0 spiro atoms. The third-order valence-electron chi connectivity index (χ3n) is 2.02. The zero-order chi connectivity index (χ0) is 11.8. The number of rotatable bonds is 6. The number of nitrogens with zero attached hydrogens (tertiary/aromatic N) is 1. The molecule has 1 aromatic carbocycles. The first-order valence-corrected chi connectivity index (χ1v) is 5.00. The van der Waals surface area contributed by atoms with E-state index in [2.05, 4.69) is 5.32 Å². The Bertz CT molecular complexity index is 374. The lowest BCUT2D eigenvalue weighted by Crippen LogP contribution is -2.12. The van der Waals surface area contributed by atoms with Gasteiger partial charge in [-0.1, -0.05) is 6.07 Å². The minimum atomic E-state index is 0.0199. The summed E-state index contributed by atoms with van der Waals surface area (Å²) in [5, 5.41) is 20.3. The number of nitrogens with two attached hydrogens (primary N) is 1. The number of ether oxygens (including phenoxy) is 1. The molecule has 0 saturated carbocycles. The number of anilines is 2. The number of nitrogens with one attached hydrogen (secondary N) is 1. The number of nitrogen functional groups attached to an aromatic ring is 1. The summed E-state index contributed by atoms with van der Waals surface area (Å²) >= 11 is 0. The Balaban J connectivity index is 2.45. The predicted molar refractivity (Wildman–Crippen MR) is 62.0 cm³/mol. The molecule has 0 unspecified atom stereocenters. The van der Waals surface area contributed by atoms with Gasteiger partial charge >= 0.3 is 0 Å². The second kappa shape index (κ2) is 6.67. The number of hydrogen-bond donors (Lipinski definition) is 3. The van der Waals surface area contributed by atoms with E-state index in [0.29, 0.717) is 31.0 Å². The molecule has 1 aromatic rings. The van der Waals surface area contributed by atoms with Gasteiger partial charge in [-0.25, -0.2) is 0 Å². The highest BCUT2D eigenvalue weighted by molar-refractivity contribution is 5.72. The lowest BCUT2D eigenvalue weighted by atomic mass is 10.1. The van der Waals surface area contributed by atoms with Gasteiger partial charge in [0.25, 0.3) is 0 Å². The van der Waals surface area contributed by atoms with Gasteiger partial charge in [0.05, 0.1) is 36.8 Å². The number of benzene rings is 1. The van der Waals surface area contributed by atoms with E-state index >= 15 is 0 Å². The third kappa shape index (κ3) is 3.42. The SMILES string of the molecule is N#Cc1cccc(NCCOCCO)c1N. The van der Waals surface area contributed by atoms with Crippen LogP contribution in [0.3, 0.4) is 0 Å². The summed E-state index contributed by atoms with van der Waals surface area (Å²) in [6.45, 7) is 1.41. The monoisotopic (exact) mass is 221 g/mol. The van der Waals surface area contributed by atoms with E-state index < -0.39 is 0 Å². The number of aliphatic hydroxyl groups excluding tert-OH is 1. The Labute approximate surface area is 94.4 Å². The van der Waals surface area contributed by atoms with Gasteiger partial charge in [-0.2, -0.15) is 5.26 Å². The lowest BCUT2D eigenvalue weighted by Gasteiger charge is -2.10. The maximum absolute atomic E-state index is 8.77. The van der Waals surface area contributed by atoms with Gasteiger partial charge in [0.1, 0.15) is 6.07 Å². The van der Waals surface area contributed by atoms with E-state index in [1.807, 2.05) is 12.1 Å². The summed E-state index contributed by atoms with van der Waals surface area (Å²) in [7, 11) is 0. The van der Waals surface area contributed by atoms with Crippen LogP contribution in [0.25, 0.3) is 0 Å². The molecule has 0 amide bonds. The fourth-order valence-corrected chi connectivity index (χ4v) is 1.24. The molecule has 0 saturated heterocycles. The summed E-state index contributed by atoms with van der Waals surface area (Å²) in [6, 6.07) is 7.26. The number of hydrogen-bond acceptors (Lipinski definition) is 5. The molecule has 0 aliphatic rings. The standard InChI is InChI=1S/C11H15N3O2/c12-8-9-2-1-3-10(11(9)13)14-4-6-16-7-5-15/h1-3,14-15H,4-7,13H2. The van der Waals surface area contributed by atoms with Gasteiger partial charge in [-0.05, 0) is 12.1 Å². The van der Waals surface area contributed by atoms with Crippen LogP contribution in [0.15, 0.2) is 18.2 Å². The van der Waals surface area contributed by atoms with Crippen LogP contribution >= 0.6 is 0 Å². The molecule has 5 heteroatoms. The molecule has 5 nitrogen and oxygen atoms in total. The normalized spacial score (nSPS) is 9.75. The zero-order valence-corrected chi connectivity index (χ0v) is 8.94. The van der Waals surface area contributed by atoms with E-state index in [4.69, 9.17) is 20.8 Å². The summed E-state index contributed by atoms with van der Waals surface area (Å²) in [4.78, 5) is 0. The summed E-state index contributed by atoms with van der Waals surface area (Å²) in [5.74, 6) is 0. The first-order chi connectivity index (χ1) is 7.79. The van der Waals surface area contributed by atoms with Crippen molar-refractivity contribution in [3.05, 3.63) is 23.8 Å². The predicted octanol–water partition coefficient (Wildman–Crippen LogP) is 0.561. The highest BCUT2D eigenvalue weighted by Gasteiger charge is 2.02. The third-order valence-corrected chi connectivity index (χ3v) is 2.02. The van der Waals surface area contributed by atoms with Gasteiger partial charge in [0.2, 0.25) is 0 Å². The molecule has 0 radical (unpaired) electrons. The Hall–Kier alpha value is -1.77. The van der Waals surface area contributed by atoms with E-state index in [0.717, 1.165) is 5.69 Å².